The van der Waals surface area contributed by atoms with Gasteiger partial charge in [0.05, 0.1) is 22.8 Å². The van der Waals surface area contributed by atoms with Crippen molar-refractivity contribution < 1.29 is 45.8 Å². The van der Waals surface area contributed by atoms with Crippen molar-refractivity contribution in [2.24, 2.45) is 17.6 Å². The van der Waals surface area contributed by atoms with Crippen LogP contribution >= 0.6 is 12.4 Å². The normalized spacial score (nSPS) is 18.8. The molecule has 0 radical (unpaired) electrons. The molecule has 3 rings (SSSR count). The van der Waals surface area contributed by atoms with Gasteiger partial charge in [-0.2, -0.15) is 13.2 Å². The van der Waals surface area contributed by atoms with E-state index in [9.17, 15) is 36.0 Å². The monoisotopic (exact) mass is 633 g/mol. The molecule has 232 valence electrons. The first kappa shape index (κ1) is 35.2. The number of alkyl halides is 3. The number of ether oxygens (including phenoxy) is 1. The second kappa shape index (κ2) is 15.5. The zero-order valence-electron chi connectivity index (χ0n) is 22.8. The molecule has 0 amide bonds. The third kappa shape index (κ3) is 10.4. The van der Waals surface area contributed by atoms with Crippen molar-refractivity contribution in [1.29, 1.82) is 0 Å². The van der Waals surface area contributed by atoms with Crippen LogP contribution in [0.3, 0.4) is 0 Å². The van der Waals surface area contributed by atoms with Crippen molar-refractivity contribution in [1.82, 2.24) is 0 Å². The number of benzene rings is 2. The average molecular weight is 634 g/mol. The van der Waals surface area contributed by atoms with E-state index in [2.05, 4.69) is 0 Å². The van der Waals surface area contributed by atoms with Crippen molar-refractivity contribution in [3.63, 3.8) is 0 Å². The summed E-state index contributed by atoms with van der Waals surface area (Å²) in [5.74, 6) is -2.94. The number of carbonyl (C=O) groups is 3. The lowest BCUT2D eigenvalue weighted by Gasteiger charge is -2.28. The van der Waals surface area contributed by atoms with Gasteiger partial charge in [0, 0.05) is 24.7 Å². The van der Waals surface area contributed by atoms with E-state index in [1.807, 2.05) is 30.3 Å². The van der Waals surface area contributed by atoms with Crippen LogP contribution in [0, 0.1) is 11.8 Å². The largest absolute Gasteiger partial charge is 0.480 e. The molecule has 0 saturated heterocycles. The lowest BCUT2D eigenvalue weighted by atomic mass is 9.78. The molecule has 0 aromatic heterocycles. The van der Waals surface area contributed by atoms with Gasteiger partial charge in [0.2, 0.25) is 0 Å². The molecule has 2 aromatic carbocycles. The van der Waals surface area contributed by atoms with E-state index in [0.29, 0.717) is 25.7 Å². The van der Waals surface area contributed by atoms with Crippen molar-refractivity contribution in [2.75, 3.05) is 12.4 Å². The summed E-state index contributed by atoms with van der Waals surface area (Å²) in [6.45, 7) is -0.0579. The average Bonchev–Trinajstić information content (AvgIpc) is 2.94. The van der Waals surface area contributed by atoms with Crippen molar-refractivity contribution in [2.45, 2.75) is 68.0 Å². The van der Waals surface area contributed by atoms with Gasteiger partial charge < -0.3 is 15.6 Å². The second-order valence-electron chi connectivity index (χ2n) is 10.5. The highest BCUT2D eigenvalue weighted by Crippen LogP contribution is 2.35. The smallest absolute Gasteiger partial charge is 0.416 e. The van der Waals surface area contributed by atoms with Gasteiger partial charge in [-0.05, 0) is 67.9 Å². The molecule has 2 atom stereocenters. The maximum Gasteiger partial charge on any atom is 0.416 e. The maximum absolute atomic E-state index is 13.2. The number of carbonyl (C=O) groups excluding carboxylic acids is 2. The van der Waals surface area contributed by atoms with Crippen LogP contribution in [-0.4, -0.2) is 49.6 Å². The van der Waals surface area contributed by atoms with E-state index in [4.69, 9.17) is 15.6 Å². The van der Waals surface area contributed by atoms with Gasteiger partial charge in [0.25, 0.3) is 0 Å². The molecule has 0 heterocycles. The number of nitrogens with two attached hydrogens (primary N) is 1. The highest BCUT2D eigenvalue weighted by atomic mass is 35.5. The molecule has 1 saturated carbocycles. The molecule has 0 bridgehead atoms. The molecule has 42 heavy (non-hydrogen) atoms. The van der Waals surface area contributed by atoms with Crippen LogP contribution in [-0.2, 0) is 35.1 Å². The number of carboxylic acids is 1. The van der Waals surface area contributed by atoms with Crippen LogP contribution in [0.1, 0.15) is 62.0 Å². The molecule has 0 aliphatic heterocycles. The molecule has 13 heteroatoms. The Morgan fingerprint density at radius 3 is 2.12 bits per heavy atom. The van der Waals surface area contributed by atoms with Gasteiger partial charge in [-0.1, -0.05) is 30.3 Å². The van der Waals surface area contributed by atoms with Crippen LogP contribution < -0.4 is 5.73 Å². The van der Waals surface area contributed by atoms with Crippen LogP contribution in [0.25, 0.3) is 0 Å². The summed E-state index contributed by atoms with van der Waals surface area (Å²) < 4.78 is 69.4. The Morgan fingerprint density at radius 1 is 0.976 bits per heavy atom. The minimum atomic E-state index is -4.55. The number of hydrogen-bond donors (Lipinski definition) is 2. The van der Waals surface area contributed by atoms with Crippen molar-refractivity contribution in [3.05, 3.63) is 65.7 Å². The first-order valence-electron chi connectivity index (χ1n) is 13.4. The summed E-state index contributed by atoms with van der Waals surface area (Å²) in [7, 11) is -3.79. The number of hydrogen-bond acceptors (Lipinski definition) is 7. The Labute approximate surface area is 249 Å². The molecule has 0 unspecified atom stereocenters. The fourth-order valence-electron chi connectivity index (χ4n) is 4.98. The Hall–Kier alpha value is -2.96. The lowest BCUT2D eigenvalue weighted by molar-refractivity contribution is -0.145. The summed E-state index contributed by atoms with van der Waals surface area (Å²) in [5.41, 5.74) is 5.33. The van der Waals surface area contributed by atoms with Gasteiger partial charge >= 0.3 is 18.1 Å². The SMILES string of the molecule is Cl.N[C@H](CCC(=O)OC[C@@H](CC(=O)C1CCC(CS(=O)(=O)c2ccc(C(F)(F)F)cc2)CC1)c1ccccc1)C(=O)O. The predicted molar refractivity (Wildman–Crippen MR) is 151 cm³/mol. The summed E-state index contributed by atoms with van der Waals surface area (Å²) in [5, 5.41) is 8.86. The fraction of sp³-hybridized carbons (Fsp3) is 0.483. The minimum absolute atomic E-state index is 0. The summed E-state index contributed by atoms with van der Waals surface area (Å²) in [4.78, 5) is 36.1. The summed E-state index contributed by atoms with van der Waals surface area (Å²) >= 11 is 0. The number of carboxylic acid groups (broad SMARTS) is 1. The topological polar surface area (TPSA) is 141 Å². The van der Waals surface area contributed by atoms with Gasteiger partial charge in [0.15, 0.2) is 9.84 Å². The first-order valence-corrected chi connectivity index (χ1v) is 15.0. The molecule has 8 nitrogen and oxygen atoms in total. The molecule has 3 N–H and O–H groups in total. The highest BCUT2D eigenvalue weighted by molar-refractivity contribution is 7.91. The van der Waals surface area contributed by atoms with Gasteiger partial charge in [-0.25, -0.2) is 8.42 Å². The first-order chi connectivity index (χ1) is 19.3. The van der Waals surface area contributed by atoms with Crippen molar-refractivity contribution in [3.8, 4) is 0 Å². The molecule has 1 fully saturated rings. The zero-order valence-corrected chi connectivity index (χ0v) is 24.4. The Kier molecular flexibility index (Phi) is 13.0. The number of esters is 1. The molecule has 2 aromatic rings. The molecule has 1 aliphatic carbocycles. The van der Waals surface area contributed by atoms with Crippen molar-refractivity contribution >= 4 is 40.0 Å². The quantitative estimate of drug-likeness (QED) is 0.287. The Balaban J connectivity index is 0.00000616. The summed E-state index contributed by atoms with van der Waals surface area (Å²) in [6.07, 6.45) is -2.71. The Morgan fingerprint density at radius 2 is 1.57 bits per heavy atom. The number of aliphatic carboxylic acids is 1. The van der Waals surface area contributed by atoms with Gasteiger partial charge in [-0.3, -0.25) is 14.4 Å². The zero-order chi connectivity index (χ0) is 30.2. The third-order valence-electron chi connectivity index (χ3n) is 7.44. The number of rotatable bonds is 13. The number of halogens is 4. The molecule has 1 aliphatic rings. The lowest BCUT2D eigenvalue weighted by Crippen LogP contribution is -2.31. The van der Waals surface area contributed by atoms with Crippen LogP contribution in [0.4, 0.5) is 13.2 Å². The molecular formula is C29H35ClF3NO7S. The van der Waals surface area contributed by atoms with Gasteiger partial charge in [-0.15, -0.1) is 12.4 Å². The highest BCUT2D eigenvalue weighted by Gasteiger charge is 2.33. The number of Topliss-reactive ketones (excluding diaryl/α,β-unsaturated/α-hetero) is 1. The molecular weight excluding hydrogens is 599 g/mol. The van der Waals surface area contributed by atoms with E-state index >= 15 is 0 Å². The summed E-state index contributed by atoms with van der Waals surface area (Å²) in [6, 6.07) is 11.4. The second-order valence-corrected chi connectivity index (χ2v) is 12.5. The number of sulfone groups is 1. The van der Waals surface area contributed by atoms with E-state index in [1.165, 1.54) is 0 Å². The van der Waals surface area contributed by atoms with Crippen LogP contribution in [0.15, 0.2) is 59.5 Å². The Bertz CT molecular complexity index is 1300. The predicted octanol–water partition coefficient (Wildman–Crippen LogP) is 5.19. The van der Waals surface area contributed by atoms with Crippen LogP contribution in [0.5, 0.6) is 0 Å². The van der Waals surface area contributed by atoms with Crippen LogP contribution in [0.2, 0.25) is 0 Å². The van der Waals surface area contributed by atoms with Gasteiger partial charge in [0.1, 0.15) is 11.8 Å². The van der Waals surface area contributed by atoms with E-state index in [-0.39, 0.29) is 66.5 Å². The molecule has 0 spiro atoms. The fourth-order valence-corrected chi connectivity index (χ4v) is 6.68. The van der Waals surface area contributed by atoms with E-state index < -0.39 is 45.5 Å². The van der Waals surface area contributed by atoms with E-state index in [0.717, 1.165) is 29.8 Å². The third-order valence-corrected chi connectivity index (χ3v) is 9.34. The van der Waals surface area contributed by atoms with E-state index in [1.54, 1.807) is 0 Å². The standard InChI is InChI=1S/C29H34F3NO7S.ClH/c30-29(31,32)23-10-12-24(13-11-23)41(38,39)18-19-6-8-21(9-7-19)26(34)16-22(20-4-2-1-3-5-20)17-40-27(35)15-14-25(33)28(36)37;/h1-5,10-13,19,21-22,25H,6-9,14-18,33H2,(H,36,37);1H/t19?,21?,22-,25-;/m1./s1. The maximum atomic E-state index is 13.2. The number of ketones is 1. The minimum Gasteiger partial charge on any atom is -0.480 e.